The maximum Gasteiger partial charge on any atom is 0.341 e. The number of thiophene rings is 1. The molecular weight excluding hydrogens is 376 g/mol. The molecule has 4 rings (SSSR count). The zero-order valence-electron chi connectivity index (χ0n) is 17.0. The van der Waals surface area contributed by atoms with E-state index < -0.39 is 10.8 Å². The van der Waals surface area contributed by atoms with E-state index in [-0.39, 0.29) is 30.2 Å². The number of nitrogens with one attached hydrogen (secondary N) is 1. The molecule has 1 amide bonds. The molecule has 6 nitrogen and oxygen atoms in total. The lowest BCUT2D eigenvalue weighted by atomic mass is 9.70. The van der Waals surface area contributed by atoms with Crippen LogP contribution in [0.5, 0.6) is 0 Å². The first-order valence-corrected chi connectivity index (χ1v) is 10.9. The van der Waals surface area contributed by atoms with Crippen LogP contribution in [0, 0.1) is 16.7 Å². The fourth-order valence-electron chi connectivity index (χ4n) is 5.24. The van der Waals surface area contributed by atoms with E-state index in [0.717, 1.165) is 36.4 Å². The molecule has 28 heavy (non-hydrogen) atoms. The van der Waals surface area contributed by atoms with Crippen LogP contribution in [0.15, 0.2) is 0 Å². The number of Topliss-reactive ketones (excluding diaryl/α,β-unsaturated/α-hetero) is 1. The molecule has 2 saturated carbocycles. The van der Waals surface area contributed by atoms with Crippen LogP contribution >= 0.6 is 11.3 Å². The monoisotopic (exact) mass is 404 g/mol. The quantitative estimate of drug-likeness (QED) is 0.616. The molecule has 2 heterocycles. The number of ether oxygens (including phenoxy) is 1. The number of ketones is 1. The Kier molecular flexibility index (Phi) is 4.66. The molecule has 2 atom stereocenters. The van der Waals surface area contributed by atoms with Gasteiger partial charge in [-0.25, -0.2) is 4.79 Å². The summed E-state index contributed by atoms with van der Waals surface area (Å²) in [6.45, 7) is 7.59. The van der Waals surface area contributed by atoms with E-state index in [9.17, 15) is 14.4 Å². The van der Waals surface area contributed by atoms with Gasteiger partial charge >= 0.3 is 5.97 Å². The van der Waals surface area contributed by atoms with E-state index in [1.54, 1.807) is 6.92 Å². The number of fused-ring (bicyclic) bond motifs is 3. The highest BCUT2D eigenvalue weighted by molar-refractivity contribution is 7.17. The third-order valence-electron chi connectivity index (χ3n) is 6.94. The van der Waals surface area contributed by atoms with Crippen LogP contribution in [0.4, 0.5) is 5.00 Å². The molecule has 2 aliphatic carbocycles. The molecule has 1 aromatic rings. The van der Waals surface area contributed by atoms with Gasteiger partial charge in [0.1, 0.15) is 10.4 Å². The summed E-state index contributed by atoms with van der Waals surface area (Å²) in [6, 6.07) is 0. The molecule has 0 aromatic carbocycles. The van der Waals surface area contributed by atoms with Crippen LogP contribution in [-0.4, -0.2) is 42.8 Å². The average Bonchev–Trinajstić information content (AvgIpc) is 3.27. The second kappa shape index (κ2) is 6.66. The lowest BCUT2D eigenvalue weighted by Crippen LogP contribution is -2.44. The Morgan fingerprint density at radius 3 is 2.75 bits per heavy atom. The van der Waals surface area contributed by atoms with Gasteiger partial charge in [0, 0.05) is 23.4 Å². The van der Waals surface area contributed by atoms with E-state index in [0.29, 0.717) is 23.4 Å². The van der Waals surface area contributed by atoms with Gasteiger partial charge < -0.3 is 15.0 Å². The number of likely N-dealkylation sites (N-methyl/N-ethyl adjacent to an activating group) is 1. The lowest BCUT2D eigenvalue weighted by Gasteiger charge is -2.32. The molecule has 2 fully saturated rings. The average molecular weight is 405 g/mol. The van der Waals surface area contributed by atoms with Crippen LogP contribution in [0.3, 0.4) is 0 Å². The Labute approximate surface area is 169 Å². The van der Waals surface area contributed by atoms with Gasteiger partial charge in [0.25, 0.3) is 0 Å². The highest BCUT2D eigenvalue weighted by Crippen LogP contribution is 2.60. The summed E-state index contributed by atoms with van der Waals surface area (Å²) in [5, 5.41) is 3.53. The number of carbonyl (C=O) groups excluding carboxylic acids is 3. The van der Waals surface area contributed by atoms with E-state index in [1.807, 2.05) is 20.9 Å². The minimum atomic E-state index is -0.943. The summed E-state index contributed by atoms with van der Waals surface area (Å²) in [6.07, 6.45) is 2.88. The second-order valence-electron chi connectivity index (χ2n) is 8.94. The zero-order chi connectivity index (χ0) is 20.3. The van der Waals surface area contributed by atoms with Crippen LogP contribution < -0.4 is 5.32 Å². The highest BCUT2D eigenvalue weighted by atomic mass is 32.1. The number of nitrogens with zero attached hydrogens (tertiary/aromatic N) is 1. The van der Waals surface area contributed by atoms with Gasteiger partial charge in [-0.05, 0) is 51.1 Å². The number of hydrogen-bond donors (Lipinski definition) is 1. The van der Waals surface area contributed by atoms with E-state index in [1.165, 1.54) is 11.3 Å². The van der Waals surface area contributed by atoms with Crippen molar-refractivity contribution in [1.29, 1.82) is 0 Å². The molecule has 0 spiro atoms. The Morgan fingerprint density at radius 2 is 2.11 bits per heavy atom. The van der Waals surface area contributed by atoms with Crippen LogP contribution in [-0.2, 0) is 27.3 Å². The lowest BCUT2D eigenvalue weighted by molar-refractivity contribution is -0.142. The fraction of sp³-hybridized carbons (Fsp3) is 0.667. The van der Waals surface area contributed by atoms with Crippen molar-refractivity contribution in [2.24, 2.45) is 16.7 Å². The van der Waals surface area contributed by atoms with Gasteiger partial charge in [0.15, 0.2) is 5.78 Å². The third-order valence-corrected chi connectivity index (χ3v) is 8.08. The summed E-state index contributed by atoms with van der Waals surface area (Å²) < 4.78 is 5.28. The van der Waals surface area contributed by atoms with Gasteiger partial charge in [-0.3, -0.25) is 9.59 Å². The normalized spacial score (nSPS) is 28.3. The van der Waals surface area contributed by atoms with Gasteiger partial charge in [-0.1, -0.05) is 13.8 Å². The number of amides is 1. The largest absolute Gasteiger partial charge is 0.462 e. The molecule has 0 saturated heterocycles. The number of rotatable bonds is 4. The molecule has 2 bridgehead atoms. The van der Waals surface area contributed by atoms with Crippen molar-refractivity contribution in [2.75, 3.05) is 25.5 Å². The zero-order valence-corrected chi connectivity index (χ0v) is 17.8. The fourth-order valence-corrected chi connectivity index (χ4v) is 6.55. The van der Waals surface area contributed by atoms with Gasteiger partial charge in [0.2, 0.25) is 5.91 Å². The smallest absolute Gasteiger partial charge is 0.341 e. The van der Waals surface area contributed by atoms with Crippen molar-refractivity contribution >= 4 is 34.0 Å². The molecule has 1 N–H and O–H groups in total. The number of anilines is 1. The Balaban J connectivity index is 1.67. The van der Waals surface area contributed by atoms with E-state index >= 15 is 0 Å². The first-order chi connectivity index (χ1) is 13.2. The van der Waals surface area contributed by atoms with Gasteiger partial charge in [0.05, 0.1) is 12.2 Å². The maximum atomic E-state index is 13.3. The van der Waals surface area contributed by atoms with Crippen molar-refractivity contribution in [3.63, 3.8) is 0 Å². The Morgan fingerprint density at radius 1 is 1.36 bits per heavy atom. The first-order valence-electron chi connectivity index (χ1n) is 10.1. The first kappa shape index (κ1) is 19.6. The summed E-state index contributed by atoms with van der Waals surface area (Å²) in [7, 11) is 2.04. The molecule has 0 radical (unpaired) electrons. The van der Waals surface area contributed by atoms with E-state index in [4.69, 9.17) is 4.74 Å². The van der Waals surface area contributed by atoms with E-state index in [2.05, 4.69) is 10.2 Å². The van der Waals surface area contributed by atoms with Crippen molar-refractivity contribution in [3.05, 3.63) is 16.0 Å². The predicted octanol–water partition coefficient (Wildman–Crippen LogP) is 3.25. The van der Waals surface area contributed by atoms with Gasteiger partial charge in [-0.15, -0.1) is 11.3 Å². The van der Waals surface area contributed by atoms with Crippen molar-refractivity contribution in [3.8, 4) is 0 Å². The topological polar surface area (TPSA) is 75.7 Å². The SMILES string of the molecule is CCOC(=O)c1c(NC(=O)C23CCC(C2)C(C)(C)C3=O)sc2c1CCN(C)C2. The number of hydrogen-bond acceptors (Lipinski definition) is 6. The summed E-state index contributed by atoms with van der Waals surface area (Å²) in [5.74, 6) is -0.323. The summed E-state index contributed by atoms with van der Waals surface area (Å²) in [5.41, 5.74) is 0.0777. The van der Waals surface area contributed by atoms with Crippen molar-refractivity contribution in [1.82, 2.24) is 4.90 Å². The van der Waals surface area contributed by atoms with Crippen molar-refractivity contribution in [2.45, 2.75) is 53.0 Å². The Hall–Kier alpha value is -1.73. The minimum Gasteiger partial charge on any atom is -0.462 e. The predicted molar refractivity (Wildman–Crippen MR) is 108 cm³/mol. The molecule has 1 aliphatic heterocycles. The molecule has 2 unspecified atom stereocenters. The Bertz CT molecular complexity index is 859. The summed E-state index contributed by atoms with van der Waals surface area (Å²) >= 11 is 1.45. The molecule has 1 aromatic heterocycles. The van der Waals surface area contributed by atoms with Crippen molar-refractivity contribution < 1.29 is 19.1 Å². The molecule has 7 heteroatoms. The second-order valence-corrected chi connectivity index (χ2v) is 10.0. The molecule has 152 valence electrons. The number of carbonyl (C=O) groups is 3. The maximum absolute atomic E-state index is 13.3. The van der Waals surface area contributed by atoms with Crippen LogP contribution in [0.2, 0.25) is 0 Å². The van der Waals surface area contributed by atoms with Crippen LogP contribution in [0.25, 0.3) is 0 Å². The standard InChI is InChI=1S/C21H28N2O4S/c1-5-27-17(24)15-13-7-9-23(4)11-14(13)28-16(15)22-19(26)21-8-6-12(10-21)20(2,3)18(21)25/h12H,5-11H2,1-4H3,(H,22,26). The third kappa shape index (κ3) is 2.74. The van der Waals surface area contributed by atoms with Gasteiger partial charge in [-0.2, -0.15) is 0 Å². The molecular formula is C21H28N2O4S. The number of esters is 1. The molecule has 3 aliphatic rings. The summed E-state index contributed by atoms with van der Waals surface area (Å²) in [4.78, 5) is 42.3. The highest BCUT2D eigenvalue weighted by Gasteiger charge is 2.65. The van der Waals surface area contributed by atoms with Crippen LogP contribution in [0.1, 0.15) is 60.8 Å². The minimum absolute atomic E-state index is 0.0486.